The van der Waals surface area contributed by atoms with Gasteiger partial charge in [-0.25, -0.2) is 9.67 Å². The molecule has 1 aromatic rings. The largest absolute Gasteiger partial charge is 0.327 e. The summed E-state index contributed by atoms with van der Waals surface area (Å²) in [5.74, 6) is 1.26. The van der Waals surface area contributed by atoms with Crippen LogP contribution in [0.1, 0.15) is 31.5 Å². The molecule has 2 unspecified atom stereocenters. The number of fused-ring (bicyclic) bond motifs is 1. The monoisotopic (exact) mass is 200 g/mol. The lowest BCUT2D eigenvalue weighted by Crippen LogP contribution is -2.30. The van der Waals surface area contributed by atoms with Gasteiger partial charge in [-0.15, -0.1) is 5.10 Å². The van der Waals surface area contributed by atoms with Crippen molar-refractivity contribution < 1.29 is 0 Å². The molecule has 2 rings (SSSR count). The Bertz CT molecular complexity index is 307. The van der Waals surface area contributed by atoms with E-state index in [1.165, 1.54) is 0 Å². The summed E-state index contributed by atoms with van der Waals surface area (Å²) < 4.78 is 1.87. The van der Waals surface area contributed by atoms with Gasteiger partial charge in [0, 0.05) is 18.5 Å². The first-order valence-corrected chi connectivity index (χ1v) is 4.92. The highest BCUT2D eigenvalue weighted by atomic mass is 35.5. The van der Waals surface area contributed by atoms with Crippen LogP contribution in [-0.4, -0.2) is 20.8 Å². The van der Waals surface area contributed by atoms with E-state index in [2.05, 4.69) is 10.1 Å². The van der Waals surface area contributed by atoms with E-state index in [1.54, 1.807) is 0 Å². The normalized spacial score (nSPS) is 24.1. The molecular weight excluding hydrogens is 188 g/mol. The number of aryl methyl sites for hydroxylation is 1. The van der Waals surface area contributed by atoms with Crippen LogP contribution < -0.4 is 5.73 Å². The average molecular weight is 201 g/mol. The Morgan fingerprint density at radius 1 is 1.69 bits per heavy atom. The van der Waals surface area contributed by atoms with Crippen LogP contribution in [0.25, 0.3) is 0 Å². The Balaban J connectivity index is 2.36. The molecule has 0 spiro atoms. The van der Waals surface area contributed by atoms with Crippen LogP contribution in [0.4, 0.5) is 0 Å². The fourth-order valence-electron chi connectivity index (χ4n) is 1.85. The summed E-state index contributed by atoms with van der Waals surface area (Å²) in [5, 5.41) is 4.43. The average Bonchev–Trinajstić information content (AvgIpc) is 2.43. The van der Waals surface area contributed by atoms with Gasteiger partial charge in [-0.3, -0.25) is 0 Å². The molecule has 0 aliphatic carbocycles. The molecule has 0 saturated carbocycles. The minimum atomic E-state index is 0.124. The lowest BCUT2D eigenvalue weighted by Gasteiger charge is -2.24. The fraction of sp³-hybridized carbons (Fsp3) is 0.750. The first-order chi connectivity index (χ1) is 6.18. The Morgan fingerprint density at radius 3 is 3.15 bits per heavy atom. The predicted octanol–water partition coefficient (Wildman–Crippen LogP) is 1.16. The third-order valence-electron chi connectivity index (χ3n) is 2.53. The van der Waals surface area contributed by atoms with Gasteiger partial charge in [0.25, 0.3) is 0 Å². The van der Waals surface area contributed by atoms with Crippen LogP contribution in [0.5, 0.6) is 0 Å². The van der Waals surface area contributed by atoms with Gasteiger partial charge in [0.1, 0.15) is 5.82 Å². The highest BCUT2D eigenvalue weighted by Crippen LogP contribution is 2.28. The second kappa shape index (κ2) is 3.27. The van der Waals surface area contributed by atoms with Crippen LogP contribution in [0.2, 0.25) is 5.28 Å². The number of aromatic nitrogens is 3. The van der Waals surface area contributed by atoms with Crippen molar-refractivity contribution in [2.75, 3.05) is 0 Å². The maximum atomic E-state index is 5.87. The first-order valence-electron chi connectivity index (χ1n) is 4.54. The molecule has 0 saturated heterocycles. The standard InChI is InChI=1S/C8H13ClN4/c1-5(10)6-3-2-4-13-7(6)11-8(9)12-13/h5-6H,2-4,10H2,1H3. The van der Waals surface area contributed by atoms with Gasteiger partial charge in [0.05, 0.1) is 0 Å². The molecule has 5 heteroatoms. The van der Waals surface area contributed by atoms with Crippen LogP contribution in [0.3, 0.4) is 0 Å². The summed E-state index contributed by atoms with van der Waals surface area (Å²) in [6.45, 7) is 2.92. The summed E-state index contributed by atoms with van der Waals surface area (Å²) in [4.78, 5) is 4.19. The number of hydrogen-bond donors (Lipinski definition) is 1. The molecule has 1 aromatic heterocycles. The topological polar surface area (TPSA) is 56.7 Å². The number of hydrogen-bond acceptors (Lipinski definition) is 3. The zero-order valence-electron chi connectivity index (χ0n) is 7.57. The van der Waals surface area contributed by atoms with Gasteiger partial charge >= 0.3 is 0 Å². The second-order valence-electron chi connectivity index (χ2n) is 3.57. The molecule has 72 valence electrons. The Hall–Kier alpha value is -0.610. The Morgan fingerprint density at radius 2 is 2.46 bits per heavy atom. The highest BCUT2D eigenvalue weighted by molar-refractivity contribution is 6.28. The molecule has 2 N–H and O–H groups in total. The maximum Gasteiger partial charge on any atom is 0.242 e. The molecule has 0 aromatic carbocycles. The minimum Gasteiger partial charge on any atom is -0.327 e. The molecule has 0 bridgehead atoms. The molecule has 4 nitrogen and oxygen atoms in total. The number of halogens is 1. The molecule has 2 atom stereocenters. The van der Waals surface area contributed by atoms with Crippen LogP contribution in [0, 0.1) is 0 Å². The minimum absolute atomic E-state index is 0.124. The van der Waals surface area contributed by atoms with E-state index in [4.69, 9.17) is 17.3 Å². The first kappa shape index (κ1) is 8.97. The number of nitrogens with zero attached hydrogens (tertiary/aromatic N) is 3. The van der Waals surface area contributed by atoms with Crippen molar-refractivity contribution in [2.24, 2.45) is 5.73 Å². The van der Waals surface area contributed by atoms with Crippen molar-refractivity contribution in [3.05, 3.63) is 11.1 Å². The van der Waals surface area contributed by atoms with Crippen molar-refractivity contribution in [3.8, 4) is 0 Å². The van der Waals surface area contributed by atoms with Gasteiger partial charge in [-0.2, -0.15) is 0 Å². The molecule has 2 heterocycles. The van der Waals surface area contributed by atoms with E-state index in [0.29, 0.717) is 11.2 Å². The van der Waals surface area contributed by atoms with E-state index in [-0.39, 0.29) is 6.04 Å². The number of nitrogens with two attached hydrogens (primary N) is 1. The molecule has 0 radical (unpaired) electrons. The molecular formula is C8H13ClN4. The molecule has 1 aliphatic rings. The van der Waals surface area contributed by atoms with Crippen LogP contribution in [-0.2, 0) is 6.54 Å². The van der Waals surface area contributed by atoms with Crippen LogP contribution in [0.15, 0.2) is 0 Å². The SMILES string of the molecule is CC(N)C1CCCn2nc(Cl)nc21. The zero-order valence-corrected chi connectivity index (χ0v) is 8.33. The zero-order chi connectivity index (χ0) is 9.42. The van der Waals surface area contributed by atoms with Gasteiger partial charge < -0.3 is 5.73 Å². The van der Waals surface area contributed by atoms with Crippen molar-refractivity contribution in [3.63, 3.8) is 0 Å². The lowest BCUT2D eigenvalue weighted by atomic mass is 9.93. The summed E-state index contributed by atoms with van der Waals surface area (Å²) in [6, 6.07) is 0.124. The Labute approximate surface area is 82.1 Å². The van der Waals surface area contributed by atoms with Gasteiger partial charge in [-0.1, -0.05) is 0 Å². The van der Waals surface area contributed by atoms with Crippen molar-refractivity contribution in [2.45, 2.75) is 38.3 Å². The summed E-state index contributed by atoms with van der Waals surface area (Å²) in [7, 11) is 0. The van der Waals surface area contributed by atoms with Gasteiger partial charge in [-0.05, 0) is 31.4 Å². The van der Waals surface area contributed by atoms with Gasteiger partial charge in [0.2, 0.25) is 5.28 Å². The van der Waals surface area contributed by atoms with E-state index < -0.39 is 0 Å². The van der Waals surface area contributed by atoms with Crippen molar-refractivity contribution in [1.29, 1.82) is 0 Å². The Kier molecular flexibility index (Phi) is 2.26. The summed E-state index contributed by atoms with van der Waals surface area (Å²) in [5.41, 5.74) is 5.87. The smallest absolute Gasteiger partial charge is 0.242 e. The third kappa shape index (κ3) is 1.56. The quantitative estimate of drug-likeness (QED) is 0.740. The van der Waals surface area contributed by atoms with E-state index in [9.17, 15) is 0 Å². The van der Waals surface area contributed by atoms with E-state index in [1.807, 2.05) is 11.6 Å². The van der Waals surface area contributed by atoms with Crippen molar-refractivity contribution in [1.82, 2.24) is 14.8 Å². The third-order valence-corrected chi connectivity index (χ3v) is 2.69. The molecule has 13 heavy (non-hydrogen) atoms. The van der Waals surface area contributed by atoms with Gasteiger partial charge in [0.15, 0.2) is 0 Å². The lowest BCUT2D eigenvalue weighted by molar-refractivity contribution is 0.382. The number of rotatable bonds is 1. The summed E-state index contributed by atoms with van der Waals surface area (Å²) >= 11 is 5.74. The summed E-state index contributed by atoms with van der Waals surface area (Å²) in [6.07, 6.45) is 2.20. The second-order valence-corrected chi connectivity index (χ2v) is 3.91. The highest BCUT2D eigenvalue weighted by Gasteiger charge is 2.26. The van der Waals surface area contributed by atoms with Crippen molar-refractivity contribution >= 4 is 11.6 Å². The molecule has 1 aliphatic heterocycles. The maximum absolute atomic E-state index is 5.87. The van der Waals surface area contributed by atoms with E-state index >= 15 is 0 Å². The predicted molar refractivity (Wildman–Crippen MR) is 50.7 cm³/mol. The van der Waals surface area contributed by atoms with Crippen LogP contribution >= 0.6 is 11.6 Å². The van der Waals surface area contributed by atoms with E-state index in [0.717, 1.165) is 25.2 Å². The molecule has 0 amide bonds. The fourth-order valence-corrected chi connectivity index (χ4v) is 2.03. The molecule has 0 fully saturated rings.